The highest BCUT2D eigenvalue weighted by Crippen LogP contribution is 2.65. The zero-order chi connectivity index (χ0) is 35.5. The lowest BCUT2D eigenvalue weighted by Gasteiger charge is -2.49. The Morgan fingerprint density at radius 1 is 1.10 bits per heavy atom. The van der Waals surface area contributed by atoms with Crippen molar-refractivity contribution in [1.29, 1.82) is 0 Å². The first kappa shape index (κ1) is 32.2. The Morgan fingerprint density at radius 2 is 1.86 bits per heavy atom. The highest BCUT2D eigenvalue weighted by Gasteiger charge is 2.68. The molecule has 4 aromatic rings. The summed E-state index contributed by atoms with van der Waals surface area (Å²) in [5.74, 6) is -6.42. The second kappa shape index (κ2) is 11.0. The molecule has 4 aliphatic rings. The molecule has 2 saturated heterocycles. The average Bonchev–Trinajstić information content (AvgIpc) is 3.75. The lowest BCUT2D eigenvalue weighted by atomic mass is 9.51. The van der Waals surface area contributed by atoms with Gasteiger partial charge in [0.25, 0.3) is 0 Å². The smallest absolute Gasteiger partial charge is 0.328 e. The number of likely N-dealkylation sites (tertiary alicyclic amines) is 1. The highest BCUT2D eigenvalue weighted by atomic mass is 35.5. The lowest BCUT2D eigenvalue weighted by molar-refractivity contribution is -0.136. The number of nitrogens with two attached hydrogens (primary N) is 1. The maximum atomic E-state index is 14.9. The van der Waals surface area contributed by atoms with Crippen molar-refractivity contribution in [2.45, 2.75) is 32.6 Å². The number of carbonyl (C=O) groups excluding carboxylic acids is 5. The highest BCUT2D eigenvalue weighted by molar-refractivity contribution is 7.22. The summed E-state index contributed by atoms with van der Waals surface area (Å²) in [4.78, 5) is 71.3. The fourth-order valence-electron chi connectivity index (χ4n) is 8.95. The third-order valence-corrected chi connectivity index (χ3v) is 12.8. The number of aromatic nitrogens is 2. The number of hydrogen-bond acceptors (Lipinski definition) is 9. The Balaban J connectivity index is 1.27. The van der Waals surface area contributed by atoms with E-state index in [0.29, 0.717) is 26.8 Å². The predicted molar refractivity (Wildman–Crippen MR) is 184 cm³/mol. The molecule has 2 aromatic carbocycles. The van der Waals surface area contributed by atoms with Crippen LogP contribution in [0.5, 0.6) is 11.5 Å². The Hall–Kier alpha value is -5.01. The second-order valence-corrected chi connectivity index (χ2v) is 15.1. The number of aryl methyl sites for hydroxylation is 2. The van der Waals surface area contributed by atoms with Crippen LogP contribution in [-0.4, -0.2) is 56.6 Å². The molecule has 4 heterocycles. The summed E-state index contributed by atoms with van der Waals surface area (Å²) < 4.78 is 7.95. The first-order valence-corrected chi connectivity index (χ1v) is 17.3. The molecule has 6 amide bonds. The van der Waals surface area contributed by atoms with Gasteiger partial charge in [0.1, 0.15) is 11.5 Å². The monoisotopic (exact) mass is 713 g/mol. The van der Waals surface area contributed by atoms with Gasteiger partial charge in [0.2, 0.25) is 23.6 Å². The number of amides is 6. The molecule has 0 bridgehead atoms. The van der Waals surface area contributed by atoms with Crippen molar-refractivity contribution in [3.63, 3.8) is 0 Å². The minimum absolute atomic E-state index is 0.0678. The number of imide groups is 4. The molecule has 3 fully saturated rings. The van der Waals surface area contributed by atoms with Gasteiger partial charge in [0.05, 0.1) is 35.2 Å². The van der Waals surface area contributed by atoms with E-state index in [2.05, 4.69) is 0 Å². The Labute approximate surface area is 295 Å². The van der Waals surface area contributed by atoms with E-state index >= 15 is 0 Å². The largest absolute Gasteiger partial charge is 0.504 e. The van der Waals surface area contributed by atoms with Crippen LogP contribution in [0.1, 0.15) is 36.8 Å². The number of phenolic OH excluding ortho intramolecular Hbond substituents is 1. The molecule has 6 atom stereocenters. The predicted octanol–water partition coefficient (Wildman–Crippen LogP) is 5.29. The van der Waals surface area contributed by atoms with Crippen LogP contribution in [0.4, 0.5) is 10.6 Å². The van der Waals surface area contributed by atoms with Crippen molar-refractivity contribution >= 4 is 68.5 Å². The normalized spacial score (nSPS) is 27.5. The quantitative estimate of drug-likeness (QED) is 0.213. The summed E-state index contributed by atoms with van der Waals surface area (Å²) in [5.41, 5.74) is 6.59. The van der Waals surface area contributed by atoms with Crippen molar-refractivity contribution < 1.29 is 33.8 Å². The molecule has 0 spiro atoms. The average molecular weight is 714 g/mol. The minimum atomic E-state index is -1.42. The van der Waals surface area contributed by atoms with E-state index in [1.807, 2.05) is 31.2 Å². The number of aromatic hydroxyl groups is 1. The number of methoxy groups -OCH3 is 1. The van der Waals surface area contributed by atoms with Crippen LogP contribution < -0.4 is 15.4 Å². The number of thiophene rings is 1. The molecular formula is C36H32ClN5O7S. The number of carbonyl (C=O) groups is 5. The first-order valence-electron chi connectivity index (χ1n) is 16.1. The molecule has 2 aromatic heterocycles. The van der Waals surface area contributed by atoms with Crippen LogP contribution in [0.15, 0.2) is 54.1 Å². The summed E-state index contributed by atoms with van der Waals surface area (Å²) in [5, 5.41) is 17.8. The summed E-state index contributed by atoms with van der Waals surface area (Å²) in [7, 11) is 3.08. The van der Waals surface area contributed by atoms with Crippen molar-refractivity contribution in [2.75, 3.05) is 12.0 Å². The number of benzene rings is 2. The number of primary amides is 1. The van der Waals surface area contributed by atoms with Gasteiger partial charge in [-0.2, -0.15) is 10.00 Å². The Morgan fingerprint density at radius 3 is 2.58 bits per heavy atom. The number of allylic oxidation sites excluding steroid dienone is 2. The van der Waals surface area contributed by atoms with E-state index in [4.69, 9.17) is 27.2 Å². The first-order chi connectivity index (χ1) is 23.8. The van der Waals surface area contributed by atoms with Gasteiger partial charge in [0.15, 0.2) is 11.5 Å². The third-order valence-electron chi connectivity index (χ3n) is 11.3. The number of rotatable bonds is 4. The van der Waals surface area contributed by atoms with Crippen LogP contribution in [0.25, 0.3) is 20.7 Å². The van der Waals surface area contributed by atoms with Gasteiger partial charge < -0.3 is 15.6 Å². The summed E-state index contributed by atoms with van der Waals surface area (Å²) in [6, 6.07) is 11.2. The van der Waals surface area contributed by atoms with Gasteiger partial charge >= 0.3 is 6.03 Å². The number of nitrogens with zero attached hydrogens (tertiary/aromatic N) is 4. The van der Waals surface area contributed by atoms with Crippen LogP contribution in [0.3, 0.4) is 0 Å². The van der Waals surface area contributed by atoms with Gasteiger partial charge in [-0.25, -0.2) is 9.69 Å². The zero-order valence-corrected chi connectivity index (χ0v) is 29.0. The van der Waals surface area contributed by atoms with Gasteiger partial charge in [0, 0.05) is 34.3 Å². The van der Waals surface area contributed by atoms with Crippen LogP contribution >= 0.6 is 22.9 Å². The molecule has 3 N–H and O–H groups in total. The number of phenols is 1. The van der Waals surface area contributed by atoms with E-state index in [0.717, 1.165) is 25.4 Å². The SMILES string of the molecule is COc1cccc(C2C3=CCC4C(=O)N(C(N)=O)C(=O)C4C3CC3C(=O)N(c4cc(-c5sc6ccc(Cl)cc6c5C)nn4C)C(=O)C32C)c1O. The molecule has 8 rings (SSSR count). The number of halogens is 1. The number of urea groups is 1. The topological polar surface area (TPSA) is 165 Å². The van der Waals surface area contributed by atoms with E-state index in [1.165, 1.54) is 23.1 Å². The van der Waals surface area contributed by atoms with Crippen molar-refractivity contribution in [2.24, 2.45) is 41.9 Å². The van der Waals surface area contributed by atoms with Crippen molar-refractivity contribution in [1.82, 2.24) is 14.7 Å². The maximum absolute atomic E-state index is 14.9. The molecule has 2 aliphatic heterocycles. The molecule has 12 nitrogen and oxygen atoms in total. The van der Waals surface area contributed by atoms with Gasteiger partial charge in [-0.1, -0.05) is 35.4 Å². The number of hydrogen-bond donors (Lipinski definition) is 2. The summed E-state index contributed by atoms with van der Waals surface area (Å²) >= 11 is 7.81. The lowest BCUT2D eigenvalue weighted by Crippen LogP contribution is -2.49. The number of para-hydroxylation sites is 1. The summed E-state index contributed by atoms with van der Waals surface area (Å²) in [6.45, 7) is 3.70. The van der Waals surface area contributed by atoms with E-state index < -0.39 is 64.7 Å². The van der Waals surface area contributed by atoms with Gasteiger partial charge in [-0.3, -0.25) is 23.9 Å². The summed E-state index contributed by atoms with van der Waals surface area (Å²) in [6.07, 6.45) is 2.02. The van der Waals surface area contributed by atoms with Gasteiger partial charge in [-0.05, 0) is 67.8 Å². The molecule has 14 heteroatoms. The standard InChI is InChI=1S/C36H32ClN5O7S/c1-15-20-12-16(37)8-11-25(20)50-30(15)23-14-26(40(3)39-23)41-32(45)22-13-21-17(9-10-18-27(21)33(46)42(31(18)44)35(38)48)28(36(22,2)34(41)47)19-6-5-7-24(49-4)29(19)43/h5-9,11-12,14,18,21-22,27-28,43H,10,13H2,1-4H3,(H2,38,48). The maximum Gasteiger partial charge on any atom is 0.328 e. The fraction of sp³-hybridized carbons (Fsp3) is 0.333. The van der Waals surface area contributed by atoms with Crippen LogP contribution in [-0.2, 0) is 26.2 Å². The van der Waals surface area contributed by atoms with E-state index in [1.54, 1.807) is 38.2 Å². The van der Waals surface area contributed by atoms with Crippen LogP contribution in [0, 0.1) is 36.0 Å². The van der Waals surface area contributed by atoms with Crippen molar-refractivity contribution in [3.8, 4) is 22.1 Å². The number of ether oxygens (including phenoxy) is 1. The Kier molecular flexibility index (Phi) is 7.08. The number of fused-ring (bicyclic) bond motifs is 5. The molecule has 256 valence electrons. The molecule has 2 aliphatic carbocycles. The molecule has 6 unspecified atom stereocenters. The molecular weight excluding hydrogens is 682 g/mol. The third kappa shape index (κ3) is 4.16. The zero-order valence-electron chi connectivity index (χ0n) is 27.5. The van der Waals surface area contributed by atoms with Crippen molar-refractivity contribution in [3.05, 3.63) is 70.3 Å². The molecule has 50 heavy (non-hydrogen) atoms. The van der Waals surface area contributed by atoms with E-state index in [9.17, 15) is 29.1 Å². The Bertz CT molecular complexity index is 2260. The number of anilines is 1. The second-order valence-electron chi connectivity index (χ2n) is 13.6. The van der Waals surface area contributed by atoms with E-state index in [-0.39, 0.29) is 30.2 Å². The van der Waals surface area contributed by atoms with Crippen LogP contribution in [0.2, 0.25) is 5.02 Å². The molecule has 1 saturated carbocycles. The molecule has 0 radical (unpaired) electrons. The van der Waals surface area contributed by atoms with Gasteiger partial charge in [-0.15, -0.1) is 11.3 Å². The minimum Gasteiger partial charge on any atom is -0.504 e. The fourth-order valence-corrected chi connectivity index (χ4v) is 10.3.